The molecule has 0 saturated heterocycles. The molecule has 1 aromatic heterocycles. The number of nitro benzene ring substituents is 2. The summed E-state index contributed by atoms with van der Waals surface area (Å²) in [7, 11) is 0. The minimum atomic E-state index is -0.832. The van der Waals surface area contributed by atoms with Crippen LogP contribution in [0.25, 0.3) is 11.0 Å². The number of nitrogens with zero attached hydrogens (tertiary/aromatic N) is 5. The first-order valence-corrected chi connectivity index (χ1v) is 6.56. The number of nitro groups is 2. The molecule has 0 amide bonds. The normalized spacial score (nSPS) is 11.3. The van der Waals surface area contributed by atoms with Gasteiger partial charge >= 0.3 is 35.2 Å². The van der Waals surface area contributed by atoms with Gasteiger partial charge in [-0.1, -0.05) is 12.1 Å². The van der Waals surface area contributed by atoms with Crippen molar-refractivity contribution in [1.29, 1.82) is 5.26 Å². The van der Waals surface area contributed by atoms with E-state index in [1.807, 2.05) is 0 Å². The molecular weight excluding hydrogens is 341 g/mol. The van der Waals surface area contributed by atoms with Crippen molar-refractivity contribution >= 4 is 52.0 Å². The zero-order valence-electron chi connectivity index (χ0n) is 11.8. The predicted molar refractivity (Wildman–Crippen MR) is 86.2 cm³/mol. The van der Waals surface area contributed by atoms with Crippen LogP contribution in [0.5, 0.6) is 0 Å². The van der Waals surface area contributed by atoms with Gasteiger partial charge in [0.1, 0.15) is 5.52 Å². The number of nitriles is 1. The van der Waals surface area contributed by atoms with Crippen LogP contribution in [-0.2, 0) is 0 Å². The van der Waals surface area contributed by atoms with E-state index in [9.17, 15) is 25.5 Å². The molecule has 0 aliphatic heterocycles. The average Bonchev–Trinajstić information content (AvgIpc) is 3.05. The molecule has 1 heterocycles. The summed E-state index contributed by atoms with van der Waals surface area (Å²) in [5.41, 5.74) is 0.519. The van der Waals surface area contributed by atoms with Gasteiger partial charge in [0.25, 0.3) is 5.69 Å². The Balaban J connectivity index is 0.00000225. The molecule has 0 aliphatic carbocycles. The molecule has 0 fully saturated rings. The molecule has 2 aromatic carbocycles. The quantitative estimate of drug-likeness (QED) is 0.394. The Labute approximate surface area is 161 Å². The Morgan fingerprint density at radius 2 is 1.64 bits per heavy atom. The van der Waals surface area contributed by atoms with Crippen LogP contribution >= 0.6 is 0 Å². The van der Waals surface area contributed by atoms with Crippen LogP contribution in [0.2, 0.25) is 0 Å². The van der Waals surface area contributed by atoms with Gasteiger partial charge in [0.2, 0.25) is 5.52 Å². The van der Waals surface area contributed by atoms with E-state index in [1.54, 1.807) is 0 Å². The summed E-state index contributed by atoms with van der Waals surface area (Å²) in [6, 6.07) is 10.2. The fourth-order valence-corrected chi connectivity index (χ4v) is 2.37. The fourth-order valence-electron chi connectivity index (χ4n) is 2.37. The molecule has 0 N–H and O–H groups in total. The molecule has 120 valence electrons. The monoisotopic (exact) mass is 349 g/mol. The maximum absolute atomic E-state index is 11.0. The van der Waals surface area contributed by atoms with E-state index < -0.39 is 15.8 Å². The summed E-state index contributed by atoms with van der Waals surface area (Å²) in [5, 5.41) is 38.4. The molecule has 0 bridgehead atoms. The summed E-state index contributed by atoms with van der Waals surface area (Å²) in [5.74, 6) is -0.832. The van der Waals surface area contributed by atoms with Crippen LogP contribution in [0.4, 0.5) is 11.4 Å². The van der Waals surface area contributed by atoms with Crippen molar-refractivity contribution < 1.29 is 14.5 Å². The predicted octanol–water partition coefficient (Wildman–Crippen LogP) is 2.05. The zero-order valence-corrected chi connectivity index (χ0v) is 11.8. The van der Waals surface area contributed by atoms with Crippen molar-refractivity contribution in [2.45, 2.75) is 5.92 Å². The second kappa shape index (κ2) is 7.35. The Hall–Kier alpha value is -2.87. The Bertz CT molecular complexity index is 995. The zero-order chi connectivity index (χ0) is 17.3. The summed E-state index contributed by atoms with van der Waals surface area (Å²) in [6.07, 6.45) is 0. The fraction of sp³-hybridized carbons (Fsp3) is 0.0714. The minimum absolute atomic E-state index is 0. The molecule has 3 aromatic rings. The van der Waals surface area contributed by atoms with Crippen LogP contribution in [0.15, 0.2) is 41.0 Å². The number of rotatable bonds is 4. The maximum atomic E-state index is 11.0. The van der Waals surface area contributed by atoms with Crippen LogP contribution in [0.3, 0.4) is 0 Å². The van der Waals surface area contributed by atoms with E-state index >= 15 is 0 Å². The van der Waals surface area contributed by atoms with Gasteiger partial charge in [-0.05, 0) is 21.9 Å². The van der Waals surface area contributed by atoms with Crippen LogP contribution in [-0.4, -0.2) is 49.7 Å². The molecule has 0 spiro atoms. The third kappa shape index (κ3) is 3.34. The third-order valence-electron chi connectivity index (χ3n) is 3.50. The van der Waals surface area contributed by atoms with Crippen molar-refractivity contribution in [2.75, 3.05) is 0 Å². The van der Waals surface area contributed by atoms with Crippen LogP contribution < -0.4 is 0 Å². The van der Waals surface area contributed by atoms with Gasteiger partial charge in [-0.3, -0.25) is 20.2 Å². The Morgan fingerprint density at radius 3 is 2.20 bits per heavy atom. The van der Waals surface area contributed by atoms with E-state index in [1.165, 1.54) is 36.4 Å². The first-order valence-electron chi connectivity index (χ1n) is 6.56. The second-order valence-electron chi connectivity index (χ2n) is 4.80. The van der Waals surface area contributed by atoms with Crippen LogP contribution in [0, 0.1) is 31.6 Å². The SMILES string of the molecule is N#CC(c1ccc([N+](=O)[O-])cc1)c1ccc([N+](=O)[O-])c2nonc12.[NaH]. The first kappa shape index (κ1) is 18.5. The average molecular weight is 349 g/mol. The summed E-state index contributed by atoms with van der Waals surface area (Å²) >= 11 is 0. The molecule has 11 heteroatoms. The molecule has 1 unspecified atom stereocenters. The van der Waals surface area contributed by atoms with Crippen molar-refractivity contribution in [3.63, 3.8) is 0 Å². The van der Waals surface area contributed by atoms with E-state index in [0.29, 0.717) is 11.1 Å². The van der Waals surface area contributed by atoms with Gasteiger partial charge in [-0.25, -0.2) is 4.63 Å². The van der Waals surface area contributed by atoms with Crippen molar-refractivity contribution in [1.82, 2.24) is 10.3 Å². The summed E-state index contributed by atoms with van der Waals surface area (Å²) in [4.78, 5) is 20.5. The molecular formula is C14H8N5NaO5. The number of benzene rings is 2. The van der Waals surface area contributed by atoms with E-state index in [4.69, 9.17) is 0 Å². The molecule has 25 heavy (non-hydrogen) atoms. The van der Waals surface area contributed by atoms with Crippen molar-refractivity contribution in [3.8, 4) is 6.07 Å². The third-order valence-corrected chi connectivity index (χ3v) is 3.50. The van der Waals surface area contributed by atoms with Crippen molar-refractivity contribution in [2.24, 2.45) is 0 Å². The summed E-state index contributed by atoms with van der Waals surface area (Å²) in [6.45, 7) is 0. The molecule has 3 rings (SSSR count). The van der Waals surface area contributed by atoms with Gasteiger partial charge in [-0.15, -0.1) is 0 Å². The standard InChI is InChI=1S/C14H7N5O5.Na.H/c15-7-11(8-1-3-9(4-2-8)18(20)21)10-5-6-12(19(22)23)14-13(10)16-24-17-14;;/h1-6,11H;;. The number of non-ortho nitro benzene ring substituents is 2. The number of aromatic nitrogens is 2. The van der Waals surface area contributed by atoms with Crippen molar-refractivity contribution in [3.05, 3.63) is 67.8 Å². The van der Waals surface area contributed by atoms with E-state index in [-0.39, 0.29) is 52.0 Å². The van der Waals surface area contributed by atoms with Crippen LogP contribution in [0.1, 0.15) is 17.0 Å². The van der Waals surface area contributed by atoms with E-state index in [2.05, 4.69) is 21.0 Å². The molecule has 1 atom stereocenters. The first-order chi connectivity index (χ1) is 11.5. The van der Waals surface area contributed by atoms with Gasteiger partial charge in [0.05, 0.1) is 21.8 Å². The number of fused-ring (bicyclic) bond motifs is 1. The summed E-state index contributed by atoms with van der Waals surface area (Å²) < 4.78 is 4.57. The molecule has 0 aliphatic rings. The van der Waals surface area contributed by atoms with Gasteiger partial charge in [-0.2, -0.15) is 5.26 Å². The number of hydrogen-bond acceptors (Lipinski definition) is 8. The number of hydrogen-bond donors (Lipinski definition) is 0. The van der Waals surface area contributed by atoms with Gasteiger partial charge in [0, 0.05) is 23.8 Å². The second-order valence-corrected chi connectivity index (χ2v) is 4.80. The Morgan fingerprint density at radius 1 is 1.00 bits per heavy atom. The van der Waals surface area contributed by atoms with E-state index in [0.717, 1.165) is 0 Å². The molecule has 10 nitrogen and oxygen atoms in total. The Kier molecular flexibility index (Phi) is 5.43. The van der Waals surface area contributed by atoms with Gasteiger partial charge < -0.3 is 0 Å². The molecule has 0 radical (unpaired) electrons. The van der Waals surface area contributed by atoms with Gasteiger partial charge in [0.15, 0.2) is 0 Å². The molecule has 0 saturated carbocycles. The topological polar surface area (TPSA) is 149 Å².